The molecule has 0 amide bonds. The molecule has 2 atom stereocenters. The van der Waals surface area contributed by atoms with Crippen molar-refractivity contribution in [1.29, 1.82) is 0 Å². The minimum Gasteiger partial charge on any atom is -0.329 e. The molecule has 1 aliphatic heterocycles. The van der Waals surface area contributed by atoms with Gasteiger partial charge < -0.3 is 5.73 Å². The van der Waals surface area contributed by atoms with Crippen LogP contribution in [0.2, 0.25) is 0 Å². The maximum absolute atomic E-state index is 6.30. The fourth-order valence-corrected chi connectivity index (χ4v) is 5.77. The van der Waals surface area contributed by atoms with Gasteiger partial charge in [-0.1, -0.05) is 41.0 Å². The van der Waals surface area contributed by atoms with E-state index in [1.807, 2.05) is 0 Å². The molecule has 1 saturated carbocycles. The molecule has 0 aromatic heterocycles. The fourth-order valence-electron chi connectivity index (χ4n) is 4.44. The average Bonchev–Trinajstić information content (AvgIpc) is 2.46. The average molecular weight is 313 g/mol. The van der Waals surface area contributed by atoms with Crippen molar-refractivity contribution >= 4 is 11.8 Å². The highest BCUT2D eigenvalue weighted by Crippen LogP contribution is 2.46. The van der Waals surface area contributed by atoms with Gasteiger partial charge in [0.1, 0.15) is 0 Å². The Morgan fingerprint density at radius 1 is 1.14 bits per heavy atom. The van der Waals surface area contributed by atoms with E-state index in [9.17, 15) is 0 Å². The Balaban J connectivity index is 2.04. The Morgan fingerprint density at radius 3 is 2.10 bits per heavy atom. The number of hydrogen-bond donors (Lipinski definition) is 1. The minimum atomic E-state index is 0.295. The molecule has 2 rings (SSSR count). The van der Waals surface area contributed by atoms with E-state index in [-0.39, 0.29) is 0 Å². The molecule has 0 aromatic rings. The van der Waals surface area contributed by atoms with Gasteiger partial charge in [0, 0.05) is 35.7 Å². The predicted octanol–water partition coefficient (Wildman–Crippen LogP) is 4.14. The van der Waals surface area contributed by atoms with Crippen molar-refractivity contribution in [2.75, 3.05) is 19.6 Å². The third-order valence-electron chi connectivity index (χ3n) is 6.40. The largest absolute Gasteiger partial charge is 0.329 e. The number of thioether (sulfide) groups is 1. The third kappa shape index (κ3) is 3.79. The van der Waals surface area contributed by atoms with Crippen molar-refractivity contribution < 1.29 is 0 Å². The molecular weight excluding hydrogens is 276 g/mol. The van der Waals surface area contributed by atoms with Crippen LogP contribution < -0.4 is 5.73 Å². The van der Waals surface area contributed by atoms with Crippen molar-refractivity contribution in [2.45, 2.75) is 82.8 Å². The summed E-state index contributed by atoms with van der Waals surface area (Å²) in [6, 6.07) is 0. The van der Waals surface area contributed by atoms with Crippen LogP contribution in [0.1, 0.15) is 66.7 Å². The van der Waals surface area contributed by atoms with Crippen molar-refractivity contribution in [3.63, 3.8) is 0 Å². The van der Waals surface area contributed by atoms with Crippen molar-refractivity contribution in [3.8, 4) is 0 Å². The molecule has 1 heterocycles. The number of nitrogens with zero attached hydrogens (tertiary/aromatic N) is 1. The lowest BCUT2D eigenvalue weighted by molar-refractivity contribution is 0.0155. The highest BCUT2D eigenvalue weighted by molar-refractivity contribution is 8.00. The Hall–Kier alpha value is 0.270. The number of hydrogen-bond acceptors (Lipinski definition) is 3. The zero-order valence-corrected chi connectivity index (χ0v) is 15.6. The minimum absolute atomic E-state index is 0.295. The van der Waals surface area contributed by atoms with Crippen LogP contribution in [0.25, 0.3) is 0 Å². The maximum atomic E-state index is 6.30. The van der Waals surface area contributed by atoms with Crippen LogP contribution >= 0.6 is 11.8 Å². The first-order valence-electron chi connectivity index (χ1n) is 8.93. The van der Waals surface area contributed by atoms with Crippen molar-refractivity contribution in [1.82, 2.24) is 4.90 Å². The molecule has 2 unspecified atom stereocenters. The monoisotopic (exact) mass is 312 g/mol. The van der Waals surface area contributed by atoms with E-state index in [0.717, 1.165) is 23.0 Å². The van der Waals surface area contributed by atoms with Gasteiger partial charge in [0.15, 0.2) is 0 Å². The summed E-state index contributed by atoms with van der Waals surface area (Å²) in [5, 5.41) is 1.50. The summed E-state index contributed by atoms with van der Waals surface area (Å²) in [7, 11) is 0. The first-order chi connectivity index (χ1) is 9.83. The predicted molar refractivity (Wildman–Crippen MR) is 95.9 cm³/mol. The maximum Gasteiger partial charge on any atom is 0.0332 e. The first-order valence-corrected chi connectivity index (χ1v) is 9.88. The SMILES string of the molecule is CCC(C)(C)C1CCC(CN)(N2CC(C)SC(C)C2)CC1. The van der Waals surface area contributed by atoms with Crippen molar-refractivity contribution in [2.24, 2.45) is 17.1 Å². The van der Waals surface area contributed by atoms with Gasteiger partial charge in [-0.05, 0) is 37.0 Å². The van der Waals surface area contributed by atoms with Crippen LogP contribution in [-0.2, 0) is 0 Å². The van der Waals surface area contributed by atoms with Crippen LogP contribution in [0.5, 0.6) is 0 Å². The summed E-state index contributed by atoms with van der Waals surface area (Å²) in [6.45, 7) is 15.3. The fraction of sp³-hybridized carbons (Fsp3) is 1.00. The summed E-state index contributed by atoms with van der Waals surface area (Å²) < 4.78 is 0. The van der Waals surface area contributed by atoms with E-state index in [2.05, 4.69) is 51.3 Å². The quantitative estimate of drug-likeness (QED) is 0.846. The lowest BCUT2D eigenvalue weighted by Crippen LogP contribution is -2.60. The zero-order valence-electron chi connectivity index (χ0n) is 14.8. The smallest absolute Gasteiger partial charge is 0.0332 e. The van der Waals surface area contributed by atoms with E-state index in [1.54, 1.807) is 0 Å². The molecule has 1 aliphatic carbocycles. The topological polar surface area (TPSA) is 29.3 Å². The first kappa shape index (κ1) is 17.6. The van der Waals surface area contributed by atoms with Crippen LogP contribution in [-0.4, -0.2) is 40.6 Å². The molecule has 2 aliphatic rings. The van der Waals surface area contributed by atoms with Gasteiger partial charge in [-0.3, -0.25) is 4.90 Å². The second-order valence-corrected chi connectivity index (χ2v) is 10.1. The molecule has 21 heavy (non-hydrogen) atoms. The molecule has 2 nitrogen and oxygen atoms in total. The van der Waals surface area contributed by atoms with Gasteiger partial charge in [0.2, 0.25) is 0 Å². The second-order valence-electron chi connectivity index (χ2n) is 8.21. The summed E-state index contributed by atoms with van der Waals surface area (Å²) in [4.78, 5) is 2.76. The van der Waals surface area contributed by atoms with Crippen LogP contribution in [0.4, 0.5) is 0 Å². The van der Waals surface area contributed by atoms with E-state index < -0.39 is 0 Å². The van der Waals surface area contributed by atoms with Gasteiger partial charge in [-0.25, -0.2) is 0 Å². The Labute approximate surface area is 136 Å². The van der Waals surface area contributed by atoms with Gasteiger partial charge in [-0.2, -0.15) is 11.8 Å². The lowest BCUT2D eigenvalue weighted by Gasteiger charge is -2.53. The molecule has 3 heteroatoms. The number of nitrogens with two attached hydrogens (primary N) is 1. The Morgan fingerprint density at radius 2 is 1.67 bits per heavy atom. The molecule has 2 fully saturated rings. The van der Waals surface area contributed by atoms with Crippen LogP contribution in [0.3, 0.4) is 0 Å². The second kappa shape index (κ2) is 6.80. The van der Waals surface area contributed by atoms with Crippen LogP contribution in [0, 0.1) is 11.3 Å². The van der Waals surface area contributed by atoms with E-state index in [1.165, 1.54) is 45.2 Å². The lowest BCUT2D eigenvalue weighted by atomic mass is 9.65. The highest BCUT2D eigenvalue weighted by atomic mass is 32.2. The van der Waals surface area contributed by atoms with Crippen LogP contribution in [0.15, 0.2) is 0 Å². The normalized spacial score (nSPS) is 39.4. The zero-order chi connectivity index (χ0) is 15.7. The Kier molecular flexibility index (Phi) is 5.71. The highest BCUT2D eigenvalue weighted by Gasteiger charge is 2.44. The van der Waals surface area contributed by atoms with E-state index in [0.29, 0.717) is 11.0 Å². The standard InChI is InChI=1S/C18H36N2S/c1-6-17(4,5)16-7-9-18(13-19,10-8-16)20-11-14(2)21-15(3)12-20/h14-16H,6-13,19H2,1-5H3. The summed E-state index contributed by atoms with van der Waals surface area (Å²) in [6.07, 6.45) is 6.64. The molecule has 0 radical (unpaired) electrons. The molecular formula is C18H36N2S. The molecule has 1 saturated heterocycles. The summed E-state index contributed by atoms with van der Waals surface area (Å²) >= 11 is 2.14. The Bertz CT molecular complexity index is 324. The van der Waals surface area contributed by atoms with Gasteiger partial charge in [0.05, 0.1) is 0 Å². The third-order valence-corrected chi connectivity index (χ3v) is 7.63. The summed E-state index contributed by atoms with van der Waals surface area (Å²) in [5.41, 5.74) is 7.09. The molecule has 0 bridgehead atoms. The van der Waals surface area contributed by atoms with Gasteiger partial charge >= 0.3 is 0 Å². The van der Waals surface area contributed by atoms with E-state index >= 15 is 0 Å². The number of rotatable bonds is 4. The molecule has 0 spiro atoms. The van der Waals surface area contributed by atoms with Gasteiger partial charge in [-0.15, -0.1) is 0 Å². The molecule has 0 aromatic carbocycles. The van der Waals surface area contributed by atoms with Crippen molar-refractivity contribution in [3.05, 3.63) is 0 Å². The molecule has 124 valence electrons. The van der Waals surface area contributed by atoms with E-state index in [4.69, 9.17) is 5.73 Å². The molecule has 2 N–H and O–H groups in total. The van der Waals surface area contributed by atoms with Gasteiger partial charge in [0.25, 0.3) is 0 Å². The summed E-state index contributed by atoms with van der Waals surface area (Å²) in [5.74, 6) is 0.885.